The summed E-state index contributed by atoms with van der Waals surface area (Å²) in [6, 6.07) is 0. The van der Waals surface area contributed by atoms with E-state index in [4.69, 9.17) is 11.5 Å². The standard InChI is InChI=1S/C3H2O.2BrH.2Zn/c1-2-3-4;;;;/h3H2;2*1H;;/q-1;;;;+2/p-2. The van der Waals surface area contributed by atoms with Crippen molar-refractivity contribution in [2.24, 2.45) is 0 Å². The number of halogens is 2. The van der Waals surface area contributed by atoms with Crippen LogP contribution in [-0.2, 0) is 39.0 Å². The van der Waals surface area contributed by atoms with Gasteiger partial charge >= 0.3 is 19.5 Å². The third kappa shape index (κ3) is 47.0. The van der Waals surface area contributed by atoms with Crippen LogP contribution in [0.2, 0.25) is 0 Å². The second-order valence-corrected chi connectivity index (χ2v) is 0.321. The summed E-state index contributed by atoms with van der Waals surface area (Å²) in [5, 5.41) is 9.00. The van der Waals surface area contributed by atoms with E-state index in [0.29, 0.717) is 0 Å². The monoisotopic (exact) mass is 340 g/mol. The molecule has 0 bridgehead atoms. The van der Waals surface area contributed by atoms with E-state index in [9.17, 15) is 0 Å². The number of hydrogen-bond donors (Lipinski definition) is 0. The SMILES string of the molecule is [Br-].[Br-].[C]#CC[O-].[Zn+2].[Zn]. The van der Waals surface area contributed by atoms with Gasteiger partial charge in [0.1, 0.15) is 0 Å². The van der Waals surface area contributed by atoms with Gasteiger partial charge in [0.15, 0.2) is 0 Å². The predicted molar refractivity (Wildman–Crippen MR) is 12.0 cm³/mol. The maximum atomic E-state index is 9.00. The predicted octanol–water partition coefficient (Wildman–Crippen LogP) is -7.06. The van der Waals surface area contributed by atoms with Crippen LogP contribution in [0.25, 0.3) is 0 Å². The smallest absolute Gasteiger partial charge is 1.00 e. The molecule has 0 saturated heterocycles. The quantitative estimate of drug-likeness (QED) is 0.316. The zero-order chi connectivity index (χ0) is 3.41. The molecule has 0 aromatic carbocycles. The summed E-state index contributed by atoms with van der Waals surface area (Å²) in [4.78, 5) is 0. The molecule has 0 saturated carbocycles. The maximum absolute atomic E-state index is 9.00. The van der Waals surface area contributed by atoms with Crippen molar-refractivity contribution in [1.29, 1.82) is 0 Å². The van der Waals surface area contributed by atoms with Gasteiger partial charge in [0, 0.05) is 19.5 Å². The van der Waals surface area contributed by atoms with Crippen LogP contribution >= 0.6 is 0 Å². The Labute approximate surface area is 96.1 Å². The van der Waals surface area contributed by atoms with Crippen LogP contribution in [0.3, 0.4) is 0 Å². The van der Waals surface area contributed by atoms with Gasteiger partial charge in [0.2, 0.25) is 0 Å². The van der Waals surface area contributed by atoms with Crippen molar-refractivity contribution in [2.75, 3.05) is 6.61 Å². The summed E-state index contributed by atoms with van der Waals surface area (Å²) in [5.74, 6) is 1.62. The van der Waals surface area contributed by atoms with Gasteiger partial charge in [-0.1, -0.05) is 6.61 Å². The Kier molecular flexibility index (Phi) is 155. The molecule has 0 rings (SSSR count). The average molecular weight is 345 g/mol. The Morgan fingerprint density at radius 3 is 1.50 bits per heavy atom. The summed E-state index contributed by atoms with van der Waals surface area (Å²) in [6.45, 7) is -0.514. The molecule has 0 aromatic heterocycles. The van der Waals surface area contributed by atoms with Crippen LogP contribution in [0.15, 0.2) is 0 Å². The molecule has 0 atom stereocenters. The van der Waals surface area contributed by atoms with E-state index in [2.05, 4.69) is 0 Å². The summed E-state index contributed by atoms with van der Waals surface area (Å²) < 4.78 is 0. The first-order chi connectivity index (χ1) is 1.91. The minimum absolute atomic E-state index is 0. The minimum atomic E-state index is -0.514. The second-order valence-electron chi connectivity index (χ2n) is 0.321. The summed E-state index contributed by atoms with van der Waals surface area (Å²) >= 11 is 0. The average Bonchev–Trinajstić information content (AvgIpc) is 1.37. The van der Waals surface area contributed by atoms with Crippen molar-refractivity contribution < 1.29 is 78.0 Å². The summed E-state index contributed by atoms with van der Waals surface area (Å²) in [6.07, 6.45) is 5.89. The van der Waals surface area contributed by atoms with Gasteiger partial charge in [0.25, 0.3) is 0 Å². The molecule has 0 aliphatic heterocycles. The molecule has 0 fully saturated rings. The van der Waals surface area contributed by atoms with E-state index in [1.54, 1.807) is 5.92 Å². The molecule has 0 spiro atoms. The van der Waals surface area contributed by atoms with E-state index < -0.39 is 6.61 Å². The fourth-order valence-electron chi connectivity index (χ4n) is 0. The van der Waals surface area contributed by atoms with Crippen LogP contribution in [0.1, 0.15) is 0 Å². The molecule has 8 heavy (non-hydrogen) atoms. The van der Waals surface area contributed by atoms with Gasteiger partial charge in [-0.05, 0) is 6.42 Å². The van der Waals surface area contributed by atoms with Crippen molar-refractivity contribution in [3.8, 4) is 5.92 Å². The normalized spacial score (nSPS) is 2.50. The van der Waals surface area contributed by atoms with Gasteiger partial charge in [0.05, 0.1) is 0 Å². The molecule has 0 aliphatic rings. The van der Waals surface area contributed by atoms with E-state index in [1.165, 1.54) is 0 Å². The molecular weight excluding hydrogens is 343 g/mol. The third-order valence-corrected chi connectivity index (χ3v) is 0.0722. The zero-order valence-corrected chi connectivity index (χ0v) is 13.4. The molecule has 0 unspecified atom stereocenters. The van der Waals surface area contributed by atoms with Gasteiger partial charge in [-0.15, -0.1) is 5.92 Å². The van der Waals surface area contributed by atoms with Gasteiger partial charge in [-0.3, -0.25) is 0 Å². The summed E-state index contributed by atoms with van der Waals surface area (Å²) in [7, 11) is 0. The largest absolute Gasteiger partial charge is 2.00 e. The van der Waals surface area contributed by atoms with Gasteiger partial charge in [-0.2, -0.15) is 0 Å². The van der Waals surface area contributed by atoms with E-state index >= 15 is 0 Å². The van der Waals surface area contributed by atoms with E-state index in [0.717, 1.165) is 0 Å². The Bertz CT molecular complexity index is 45.0. The zero-order valence-electron chi connectivity index (χ0n) is 4.29. The molecule has 0 heterocycles. The number of hydrogen-bond acceptors (Lipinski definition) is 1. The number of rotatable bonds is 0. The first-order valence-corrected chi connectivity index (χ1v) is 0.892. The van der Waals surface area contributed by atoms with Crippen LogP contribution in [0, 0.1) is 12.3 Å². The van der Waals surface area contributed by atoms with Crippen molar-refractivity contribution in [3.63, 3.8) is 0 Å². The Morgan fingerprint density at radius 2 is 1.50 bits per heavy atom. The first kappa shape index (κ1) is 33.2. The van der Waals surface area contributed by atoms with E-state index in [-0.39, 0.29) is 72.9 Å². The molecule has 0 N–H and O–H groups in total. The Morgan fingerprint density at radius 1 is 1.38 bits per heavy atom. The van der Waals surface area contributed by atoms with Crippen LogP contribution in [-0.4, -0.2) is 6.61 Å². The van der Waals surface area contributed by atoms with E-state index in [1.807, 2.05) is 0 Å². The first-order valence-electron chi connectivity index (χ1n) is 0.892. The fourth-order valence-corrected chi connectivity index (χ4v) is 0. The van der Waals surface area contributed by atoms with Crippen molar-refractivity contribution in [1.82, 2.24) is 0 Å². The molecule has 1 nitrogen and oxygen atoms in total. The molecular formula is C3H2Br2OZn2-. The fraction of sp³-hybridized carbons (Fsp3) is 0.333. The van der Waals surface area contributed by atoms with Crippen LogP contribution in [0.5, 0.6) is 0 Å². The topological polar surface area (TPSA) is 23.1 Å². The molecule has 5 heteroatoms. The van der Waals surface area contributed by atoms with Crippen LogP contribution < -0.4 is 39.1 Å². The maximum Gasteiger partial charge on any atom is 2.00 e. The molecule has 0 aliphatic carbocycles. The molecule has 0 amide bonds. The third-order valence-electron chi connectivity index (χ3n) is 0.0722. The summed E-state index contributed by atoms with van der Waals surface area (Å²) in [5.41, 5.74) is 0. The minimum Gasteiger partial charge on any atom is -1.00 e. The molecule has 0 aromatic rings. The van der Waals surface area contributed by atoms with Crippen molar-refractivity contribution in [2.45, 2.75) is 0 Å². The molecule has 39 valence electrons. The van der Waals surface area contributed by atoms with Crippen molar-refractivity contribution >= 4 is 0 Å². The van der Waals surface area contributed by atoms with Gasteiger partial charge < -0.3 is 39.1 Å². The van der Waals surface area contributed by atoms with Crippen molar-refractivity contribution in [3.05, 3.63) is 6.42 Å². The van der Waals surface area contributed by atoms with Gasteiger partial charge in [-0.25, -0.2) is 0 Å². The van der Waals surface area contributed by atoms with Crippen LogP contribution in [0.4, 0.5) is 0 Å². The second kappa shape index (κ2) is 37.5. The Hall–Kier alpha value is 1.73. The molecule has 1 radical (unpaired) electrons. The Balaban J connectivity index is -0.00000000750.